The average Bonchev–Trinajstić information content (AvgIpc) is 2.71. The fraction of sp³-hybridized carbons (Fsp3) is 0.346. The van der Waals surface area contributed by atoms with Gasteiger partial charge in [0, 0.05) is 18.5 Å². The third kappa shape index (κ3) is 7.85. The molecule has 1 aromatic rings. The highest BCUT2D eigenvalue weighted by molar-refractivity contribution is 5.96. The minimum absolute atomic E-state index is 0.230. The third-order valence-electron chi connectivity index (χ3n) is 5.36. The minimum atomic E-state index is -0.417. The molecule has 2 rings (SSSR count). The number of amides is 2. The van der Waals surface area contributed by atoms with E-state index in [0.29, 0.717) is 5.56 Å². The maximum atomic E-state index is 12.0. The number of allylic oxidation sites excluding steroid dienone is 9. The van der Waals surface area contributed by atoms with Gasteiger partial charge in [0.25, 0.3) is 11.8 Å². The number of carbonyl (C=O) groups excluding carboxylic acids is 2. The van der Waals surface area contributed by atoms with Crippen LogP contribution in [0.1, 0.15) is 64.2 Å². The Hall–Kier alpha value is -3.21. The molecule has 5 nitrogen and oxygen atoms in total. The quantitative estimate of drug-likeness (QED) is 0.370. The number of nitrogens with zero attached hydrogens (tertiary/aromatic N) is 1. The molecule has 1 aromatic heterocycles. The molecule has 0 unspecified atom stereocenters. The van der Waals surface area contributed by atoms with Crippen molar-refractivity contribution in [2.75, 3.05) is 0 Å². The second-order valence-electron chi connectivity index (χ2n) is 8.61. The summed E-state index contributed by atoms with van der Waals surface area (Å²) >= 11 is 0. The van der Waals surface area contributed by atoms with E-state index in [4.69, 9.17) is 0 Å². The summed E-state index contributed by atoms with van der Waals surface area (Å²) in [5.41, 5.74) is 10.2. The van der Waals surface area contributed by atoms with Crippen molar-refractivity contribution in [1.82, 2.24) is 15.8 Å². The number of hydrazine groups is 1. The van der Waals surface area contributed by atoms with Crippen molar-refractivity contribution in [1.29, 1.82) is 0 Å². The zero-order valence-corrected chi connectivity index (χ0v) is 19.2. The van der Waals surface area contributed by atoms with E-state index in [9.17, 15) is 9.59 Å². The van der Waals surface area contributed by atoms with Gasteiger partial charge in [0.1, 0.15) is 0 Å². The van der Waals surface area contributed by atoms with Gasteiger partial charge < -0.3 is 0 Å². The Balaban J connectivity index is 1.89. The van der Waals surface area contributed by atoms with E-state index in [1.165, 1.54) is 42.7 Å². The summed E-state index contributed by atoms with van der Waals surface area (Å²) in [5.74, 6) is -0.818. The monoisotopic (exact) mass is 419 g/mol. The van der Waals surface area contributed by atoms with Crippen LogP contribution in [-0.2, 0) is 4.79 Å². The molecule has 2 amide bonds. The summed E-state index contributed by atoms with van der Waals surface area (Å²) in [5, 5.41) is 0. The van der Waals surface area contributed by atoms with Crippen LogP contribution in [0.4, 0.5) is 0 Å². The standard InChI is InChI=1S/C26H33N3O2/c1-19(13-14-23-21(3)11-7-15-26(23,4)5)9-6-10-20(2)17-24(30)28-29-25(31)22-12-8-16-27-18-22/h6,8-10,12-14,16-18H,7,11,15H2,1-5H3,(H,28,30)(H,29,31)/b10-6+,14-13+,19-9-,20-17+. The first-order chi connectivity index (χ1) is 14.7. The second kappa shape index (κ2) is 11.3. The molecular formula is C26H33N3O2. The van der Waals surface area contributed by atoms with Crippen molar-refractivity contribution < 1.29 is 9.59 Å². The molecule has 0 radical (unpaired) electrons. The van der Waals surface area contributed by atoms with E-state index in [-0.39, 0.29) is 5.41 Å². The van der Waals surface area contributed by atoms with Crippen molar-refractivity contribution in [2.45, 2.75) is 53.9 Å². The van der Waals surface area contributed by atoms with Crippen LogP contribution in [0, 0.1) is 5.41 Å². The number of hydrogen-bond donors (Lipinski definition) is 2. The highest BCUT2D eigenvalue weighted by atomic mass is 16.2. The Kier molecular flexibility index (Phi) is 8.74. The lowest BCUT2D eigenvalue weighted by Crippen LogP contribution is -2.40. The Morgan fingerprint density at radius 2 is 1.90 bits per heavy atom. The number of hydrogen-bond acceptors (Lipinski definition) is 3. The maximum Gasteiger partial charge on any atom is 0.271 e. The molecule has 0 aromatic carbocycles. The Labute approximate surface area is 185 Å². The van der Waals surface area contributed by atoms with Gasteiger partial charge in [-0.2, -0.15) is 0 Å². The van der Waals surface area contributed by atoms with Gasteiger partial charge in [0.2, 0.25) is 0 Å². The zero-order valence-electron chi connectivity index (χ0n) is 19.2. The summed E-state index contributed by atoms with van der Waals surface area (Å²) in [6.45, 7) is 10.8. The molecule has 0 saturated heterocycles. The summed E-state index contributed by atoms with van der Waals surface area (Å²) in [6.07, 6.45) is 18.3. The summed E-state index contributed by atoms with van der Waals surface area (Å²) in [4.78, 5) is 27.7. The topological polar surface area (TPSA) is 71.1 Å². The van der Waals surface area contributed by atoms with Gasteiger partial charge in [-0.05, 0) is 68.7 Å². The van der Waals surface area contributed by atoms with Crippen molar-refractivity contribution in [2.24, 2.45) is 5.41 Å². The molecule has 0 atom stereocenters. The second-order valence-corrected chi connectivity index (χ2v) is 8.61. The Bertz CT molecular complexity index is 948. The van der Waals surface area contributed by atoms with E-state index in [1.807, 2.05) is 25.2 Å². The normalized spacial score (nSPS) is 17.3. The fourth-order valence-corrected chi connectivity index (χ4v) is 3.61. The van der Waals surface area contributed by atoms with E-state index in [2.05, 4.69) is 55.7 Å². The third-order valence-corrected chi connectivity index (χ3v) is 5.36. The van der Waals surface area contributed by atoms with Gasteiger partial charge in [-0.1, -0.05) is 55.4 Å². The summed E-state index contributed by atoms with van der Waals surface area (Å²) < 4.78 is 0. The molecule has 0 fully saturated rings. The first kappa shape index (κ1) is 24.1. The first-order valence-corrected chi connectivity index (χ1v) is 10.6. The van der Waals surface area contributed by atoms with Crippen LogP contribution >= 0.6 is 0 Å². The minimum Gasteiger partial charge on any atom is -0.268 e. The van der Waals surface area contributed by atoms with Crippen LogP contribution in [0.2, 0.25) is 0 Å². The molecular weight excluding hydrogens is 386 g/mol. The first-order valence-electron chi connectivity index (χ1n) is 10.6. The number of rotatable bonds is 6. The van der Waals surface area contributed by atoms with Gasteiger partial charge in [0.15, 0.2) is 0 Å². The Morgan fingerprint density at radius 1 is 1.13 bits per heavy atom. The molecule has 0 spiro atoms. The molecule has 0 saturated carbocycles. The molecule has 1 heterocycles. The predicted octanol–water partition coefficient (Wildman–Crippen LogP) is 5.37. The zero-order chi connectivity index (χ0) is 22.9. The van der Waals surface area contributed by atoms with E-state index < -0.39 is 11.8 Å². The van der Waals surface area contributed by atoms with E-state index >= 15 is 0 Å². The highest BCUT2D eigenvalue weighted by Crippen LogP contribution is 2.40. The van der Waals surface area contributed by atoms with Gasteiger partial charge in [-0.25, -0.2) is 0 Å². The van der Waals surface area contributed by atoms with Crippen LogP contribution in [0.25, 0.3) is 0 Å². The fourth-order valence-electron chi connectivity index (χ4n) is 3.61. The molecule has 1 aliphatic carbocycles. The lowest BCUT2D eigenvalue weighted by Gasteiger charge is -2.32. The van der Waals surface area contributed by atoms with Crippen molar-refractivity contribution in [3.05, 3.63) is 88.8 Å². The largest absolute Gasteiger partial charge is 0.271 e. The van der Waals surface area contributed by atoms with Crippen LogP contribution in [0.5, 0.6) is 0 Å². The summed E-state index contributed by atoms with van der Waals surface area (Å²) in [6, 6.07) is 3.28. The number of nitrogens with one attached hydrogen (secondary N) is 2. The van der Waals surface area contributed by atoms with Gasteiger partial charge in [0.05, 0.1) is 5.56 Å². The van der Waals surface area contributed by atoms with E-state index in [0.717, 1.165) is 11.1 Å². The number of pyridine rings is 1. The van der Waals surface area contributed by atoms with Crippen molar-refractivity contribution >= 4 is 11.8 Å². The predicted molar refractivity (Wildman–Crippen MR) is 126 cm³/mol. The summed E-state index contributed by atoms with van der Waals surface area (Å²) in [7, 11) is 0. The number of carbonyl (C=O) groups is 2. The molecule has 2 N–H and O–H groups in total. The van der Waals surface area contributed by atoms with Crippen molar-refractivity contribution in [3.8, 4) is 0 Å². The van der Waals surface area contributed by atoms with Crippen LogP contribution < -0.4 is 10.9 Å². The molecule has 5 heteroatoms. The average molecular weight is 420 g/mol. The highest BCUT2D eigenvalue weighted by Gasteiger charge is 2.26. The van der Waals surface area contributed by atoms with Crippen LogP contribution in [0.15, 0.2) is 83.3 Å². The van der Waals surface area contributed by atoms with Crippen LogP contribution in [-0.4, -0.2) is 16.8 Å². The smallest absolute Gasteiger partial charge is 0.268 e. The molecule has 1 aliphatic rings. The lowest BCUT2D eigenvalue weighted by molar-refractivity contribution is -0.117. The van der Waals surface area contributed by atoms with Crippen molar-refractivity contribution in [3.63, 3.8) is 0 Å². The lowest BCUT2D eigenvalue weighted by atomic mass is 9.72. The molecule has 31 heavy (non-hydrogen) atoms. The van der Waals surface area contributed by atoms with Gasteiger partial charge in [-0.15, -0.1) is 0 Å². The molecule has 0 bridgehead atoms. The van der Waals surface area contributed by atoms with Gasteiger partial charge >= 0.3 is 0 Å². The molecule has 164 valence electrons. The maximum absolute atomic E-state index is 12.0. The SMILES string of the molecule is CC1=C(/C=C/C(C)=C\C=C\C(C)=C\C(=O)NNC(=O)c2cccnc2)C(C)(C)CCC1. The Morgan fingerprint density at radius 3 is 2.58 bits per heavy atom. The van der Waals surface area contributed by atoms with Crippen LogP contribution in [0.3, 0.4) is 0 Å². The number of aromatic nitrogens is 1. The molecule has 0 aliphatic heterocycles. The van der Waals surface area contributed by atoms with Gasteiger partial charge in [-0.3, -0.25) is 25.4 Å². The van der Waals surface area contributed by atoms with E-state index in [1.54, 1.807) is 18.3 Å².